The third-order valence-corrected chi connectivity index (χ3v) is 6.22. The van der Waals surface area contributed by atoms with Gasteiger partial charge in [-0.3, -0.25) is 9.59 Å². The molecule has 0 saturated heterocycles. The number of rotatable bonds is 10. The van der Waals surface area contributed by atoms with Crippen molar-refractivity contribution in [2.75, 3.05) is 0 Å². The minimum Gasteiger partial charge on any atom is -0.444 e. The fourth-order valence-electron chi connectivity index (χ4n) is 2.55. The molecule has 184 valence electrons. The number of nitrogens with two attached hydrogens (primary N) is 1. The molecule has 1 rings (SSSR count). The number of sulfonamides is 1. The quantitative estimate of drug-likeness (QED) is 0.292. The molecule has 0 aliphatic rings. The Morgan fingerprint density at radius 1 is 1.15 bits per heavy atom. The molecule has 0 aromatic heterocycles. The highest BCUT2D eigenvalue weighted by Crippen LogP contribution is 2.17. The van der Waals surface area contributed by atoms with Gasteiger partial charge in [-0.25, -0.2) is 21.9 Å². The number of amides is 3. The van der Waals surface area contributed by atoms with Crippen LogP contribution in [0.4, 0.5) is 4.79 Å². The Morgan fingerprint density at radius 3 is 2.18 bits per heavy atom. The molecule has 0 aliphatic heterocycles. The topological polar surface area (TPSA) is 148 Å². The van der Waals surface area contributed by atoms with E-state index in [1.807, 2.05) is 4.72 Å². The number of terminal acetylenes is 2. The molecule has 2 atom stereocenters. The minimum absolute atomic E-state index is 0.0925. The van der Waals surface area contributed by atoms with Gasteiger partial charge in [0.2, 0.25) is 5.91 Å². The second kappa shape index (κ2) is 12.4. The fraction of sp³-hybridized carbons (Fsp3) is 0.409. The number of hydrogen-bond donors (Lipinski definition) is 3. The largest absolute Gasteiger partial charge is 0.444 e. The van der Waals surface area contributed by atoms with Crippen molar-refractivity contribution < 1.29 is 27.5 Å². The number of hydrogen-bond acceptors (Lipinski definition) is 7. The van der Waals surface area contributed by atoms with Crippen LogP contribution >= 0.6 is 16.1 Å². The summed E-state index contributed by atoms with van der Waals surface area (Å²) in [6.07, 6.45) is 9.42. The molecule has 12 heteroatoms. The highest BCUT2D eigenvalue weighted by molar-refractivity contribution is 9.07. The summed E-state index contributed by atoms with van der Waals surface area (Å²) in [6.45, 7) is 5.10. The number of carbonyl (C=O) groups is 3. The molecule has 2 unspecified atom stereocenters. The monoisotopic (exact) mass is 554 g/mol. The van der Waals surface area contributed by atoms with Crippen LogP contribution < -0.4 is 15.8 Å². The summed E-state index contributed by atoms with van der Waals surface area (Å²) in [7, 11) is -4.26. The summed E-state index contributed by atoms with van der Waals surface area (Å²) in [5.74, 6) is 2.95. The van der Waals surface area contributed by atoms with E-state index in [0.717, 1.165) is 0 Å². The zero-order valence-electron chi connectivity index (χ0n) is 19.0. The van der Waals surface area contributed by atoms with Crippen LogP contribution in [-0.4, -0.2) is 47.9 Å². The lowest BCUT2D eigenvalue weighted by atomic mass is 10.1. The first kappa shape index (κ1) is 29.0. The molecule has 3 amide bonds. The normalized spacial score (nSPS) is 13.1. The lowest BCUT2D eigenvalue weighted by Crippen LogP contribution is -2.49. The van der Waals surface area contributed by atoms with E-state index in [2.05, 4.69) is 33.3 Å². The summed E-state index contributed by atoms with van der Waals surface area (Å²) in [5, 5.41) is 2.27. The van der Waals surface area contributed by atoms with Crippen LogP contribution in [0, 0.1) is 24.7 Å². The average molecular weight is 555 g/mol. The van der Waals surface area contributed by atoms with Gasteiger partial charge in [0, 0.05) is 35.5 Å². The van der Waals surface area contributed by atoms with E-state index < -0.39 is 45.6 Å². The third-order valence-electron chi connectivity index (χ3n) is 4.11. The Labute approximate surface area is 208 Å². The summed E-state index contributed by atoms with van der Waals surface area (Å²) >= 11 is 3.24. The van der Waals surface area contributed by atoms with Crippen LogP contribution in [0.25, 0.3) is 0 Å². The molecule has 4 N–H and O–H groups in total. The summed E-state index contributed by atoms with van der Waals surface area (Å²) in [5.41, 5.74) is 5.16. The summed E-state index contributed by atoms with van der Waals surface area (Å²) < 4.78 is 33.7. The van der Waals surface area contributed by atoms with Crippen LogP contribution in [0.5, 0.6) is 0 Å². The number of alkyl carbamates (subject to hydrolysis) is 1. The van der Waals surface area contributed by atoms with Crippen molar-refractivity contribution in [3.63, 3.8) is 0 Å². The second-order valence-corrected chi connectivity index (χ2v) is 10.7. The first-order valence-electron chi connectivity index (χ1n) is 9.94. The Hall–Kier alpha value is -3.06. The number of halogens is 1. The van der Waals surface area contributed by atoms with E-state index in [1.54, 1.807) is 20.8 Å². The van der Waals surface area contributed by atoms with E-state index in [0.29, 0.717) is 5.56 Å². The fourth-order valence-corrected chi connectivity index (χ4v) is 4.20. The molecule has 1 aromatic carbocycles. The van der Waals surface area contributed by atoms with Crippen molar-refractivity contribution >= 4 is 44.1 Å². The molecule has 0 saturated carbocycles. The Bertz CT molecular complexity index is 1080. The van der Waals surface area contributed by atoms with E-state index in [4.69, 9.17) is 23.3 Å². The van der Waals surface area contributed by atoms with Gasteiger partial charge in [0.25, 0.3) is 15.9 Å². The first-order chi connectivity index (χ1) is 15.7. The van der Waals surface area contributed by atoms with Gasteiger partial charge >= 0.3 is 6.09 Å². The van der Waals surface area contributed by atoms with E-state index in [1.165, 1.54) is 28.2 Å². The highest BCUT2D eigenvalue weighted by Gasteiger charge is 2.28. The van der Waals surface area contributed by atoms with E-state index in [-0.39, 0.29) is 24.3 Å². The van der Waals surface area contributed by atoms with Crippen molar-refractivity contribution in [1.82, 2.24) is 14.0 Å². The zero-order chi connectivity index (χ0) is 26.1. The summed E-state index contributed by atoms with van der Waals surface area (Å²) in [4.78, 5) is 35.8. The lowest BCUT2D eigenvalue weighted by Gasteiger charge is -2.22. The van der Waals surface area contributed by atoms with Gasteiger partial charge in [-0.1, -0.05) is 12.1 Å². The number of primary amides is 1. The SMILES string of the molecule is C#CCC(NC(=O)OC(C)(C)C)C(=O)NS(=O)(=O)c1ccc(CN(Br)C(CC#C)C(N)=O)cc1. The molecule has 0 spiro atoms. The van der Waals surface area contributed by atoms with Crippen molar-refractivity contribution in [2.24, 2.45) is 5.73 Å². The molecule has 0 heterocycles. The van der Waals surface area contributed by atoms with Crippen LogP contribution in [-0.2, 0) is 30.9 Å². The predicted molar refractivity (Wildman–Crippen MR) is 129 cm³/mol. The molecule has 0 fully saturated rings. The van der Waals surface area contributed by atoms with Gasteiger partial charge < -0.3 is 15.8 Å². The van der Waals surface area contributed by atoms with Crippen molar-refractivity contribution in [3.05, 3.63) is 29.8 Å². The van der Waals surface area contributed by atoms with Crippen LogP contribution in [0.15, 0.2) is 29.2 Å². The Morgan fingerprint density at radius 2 is 1.71 bits per heavy atom. The molecule has 0 aliphatic carbocycles. The standard InChI is InChI=1S/C22H27BrN4O6S/c1-6-8-17(25-21(30)33-22(3,4)5)20(29)26-34(31,32)16-12-10-15(11-13-16)14-27(23)18(9-7-2)19(24)28/h1-2,10-13,17-18H,8-9,14H2,3-5H3,(H2,24,28)(H,25,30)(H,26,29). The molecule has 1 aromatic rings. The van der Waals surface area contributed by atoms with Crippen molar-refractivity contribution in [1.29, 1.82) is 0 Å². The maximum Gasteiger partial charge on any atom is 0.408 e. The van der Waals surface area contributed by atoms with Gasteiger partial charge in [-0.2, -0.15) is 0 Å². The molecular weight excluding hydrogens is 528 g/mol. The lowest BCUT2D eigenvalue weighted by molar-refractivity contribution is -0.122. The van der Waals surface area contributed by atoms with Crippen LogP contribution in [0.3, 0.4) is 0 Å². The van der Waals surface area contributed by atoms with Crippen molar-refractivity contribution in [2.45, 2.75) is 62.7 Å². The van der Waals surface area contributed by atoms with Crippen LogP contribution in [0.1, 0.15) is 39.2 Å². The Kier molecular flexibility index (Phi) is 10.6. The minimum atomic E-state index is -4.26. The third kappa shape index (κ3) is 9.43. The average Bonchev–Trinajstić information content (AvgIpc) is 2.70. The maximum atomic E-state index is 12.7. The zero-order valence-corrected chi connectivity index (χ0v) is 21.4. The highest BCUT2D eigenvalue weighted by atomic mass is 79.9. The number of benzene rings is 1. The van der Waals surface area contributed by atoms with E-state index >= 15 is 0 Å². The van der Waals surface area contributed by atoms with Crippen molar-refractivity contribution in [3.8, 4) is 24.7 Å². The maximum absolute atomic E-state index is 12.7. The predicted octanol–water partition coefficient (Wildman–Crippen LogP) is 1.40. The molecule has 0 radical (unpaired) electrons. The summed E-state index contributed by atoms with van der Waals surface area (Å²) in [6, 6.07) is 3.49. The van der Waals surface area contributed by atoms with Crippen LogP contribution in [0.2, 0.25) is 0 Å². The second-order valence-electron chi connectivity index (χ2n) is 8.10. The Balaban J connectivity index is 2.92. The van der Waals surface area contributed by atoms with Gasteiger partial charge in [0.1, 0.15) is 17.7 Å². The van der Waals surface area contributed by atoms with E-state index in [9.17, 15) is 22.8 Å². The number of carbonyl (C=O) groups excluding carboxylic acids is 3. The number of nitrogens with zero attached hydrogens (tertiary/aromatic N) is 1. The molecule has 10 nitrogen and oxygen atoms in total. The molecule has 0 bridgehead atoms. The molecule has 34 heavy (non-hydrogen) atoms. The van der Waals surface area contributed by atoms with Gasteiger partial charge in [0.05, 0.1) is 4.90 Å². The number of nitrogens with one attached hydrogen (secondary N) is 2. The number of ether oxygens (including phenoxy) is 1. The molecular formula is C22H27BrN4O6S. The van der Waals surface area contributed by atoms with Gasteiger partial charge in [0.15, 0.2) is 0 Å². The van der Waals surface area contributed by atoms with Gasteiger partial charge in [-0.05, 0) is 38.5 Å². The smallest absolute Gasteiger partial charge is 0.408 e. The first-order valence-corrected chi connectivity index (χ1v) is 12.1. The van der Waals surface area contributed by atoms with Gasteiger partial charge in [-0.15, -0.1) is 24.7 Å².